The fourth-order valence-electron chi connectivity index (χ4n) is 4.47. The molecule has 1 saturated heterocycles. The van der Waals surface area contributed by atoms with Gasteiger partial charge < -0.3 is 14.9 Å². The monoisotopic (exact) mass is 516 g/mol. The first-order valence-corrected chi connectivity index (χ1v) is 13.2. The Kier molecular flexibility index (Phi) is 10.2. The van der Waals surface area contributed by atoms with Crippen LogP contribution in [0.15, 0.2) is 54.1 Å². The number of carbonyl (C=O) groups excluding carboxylic acids is 2. The highest BCUT2D eigenvalue weighted by Crippen LogP contribution is 2.42. The predicted octanol–water partition coefficient (Wildman–Crippen LogP) is 6.71. The standard InChI is InChI=1S/C28H34Cl2N2O3/c1-3-5-15-31(16-6-4-2)17-10-18-32-25(22-14-13-21(29)19-23(22)30)24(27(34)28(32)35)26(33)20-11-8-7-9-12-20/h7-9,11-14,19,25,33H,3-6,10,15-18H2,1-2H3/b26-24-. The molecule has 2 aromatic carbocycles. The Labute approximate surface area is 218 Å². The van der Waals surface area contributed by atoms with Crippen LogP contribution in [0.3, 0.4) is 0 Å². The van der Waals surface area contributed by atoms with Gasteiger partial charge >= 0.3 is 0 Å². The van der Waals surface area contributed by atoms with Crippen LogP contribution in [0.5, 0.6) is 0 Å². The van der Waals surface area contributed by atoms with Gasteiger partial charge in [0.1, 0.15) is 5.76 Å². The minimum absolute atomic E-state index is 0.0549. The summed E-state index contributed by atoms with van der Waals surface area (Å²) in [4.78, 5) is 30.3. The van der Waals surface area contributed by atoms with E-state index in [2.05, 4.69) is 18.7 Å². The fraction of sp³-hybridized carbons (Fsp3) is 0.429. The molecule has 0 aliphatic carbocycles. The van der Waals surface area contributed by atoms with Gasteiger partial charge in [0, 0.05) is 22.2 Å². The van der Waals surface area contributed by atoms with Gasteiger partial charge in [0.2, 0.25) is 0 Å². The third kappa shape index (κ3) is 6.66. The van der Waals surface area contributed by atoms with Crippen LogP contribution < -0.4 is 0 Å². The molecule has 1 N–H and O–H groups in total. The number of hydrogen-bond acceptors (Lipinski definition) is 4. The minimum atomic E-state index is -0.778. The van der Waals surface area contributed by atoms with Crippen molar-refractivity contribution < 1.29 is 14.7 Å². The first kappa shape index (κ1) is 27.3. The second-order valence-electron chi connectivity index (χ2n) is 8.93. The third-order valence-corrected chi connectivity index (χ3v) is 6.94. The summed E-state index contributed by atoms with van der Waals surface area (Å²) in [6, 6.07) is 13.0. The highest BCUT2D eigenvalue weighted by atomic mass is 35.5. The van der Waals surface area contributed by atoms with Gasteiger partial charge in [-0.3, -0.25) is 9.59 Å². The first-order chi connectivity index (χ1) is 16.9. The molecular weight excluding hydrogens is 483 g/mol. The van der Waals surface area contributed by atoms with E-state index in [0.29, 0.717) is 34.1 Å². The predicted molar refractivity (Wildman–Crippen MR) is 143 cm³/mol. The summed E-state index contributed by atoms with van der Waals surface area (Å²) >= 11 is 12.7. The SMILES string of the molecule is CCCCN(CCCC)CCCN1C(=O)C(=O)/C(=C(\O)c2ccccc2)C1c1ccc(Cl)cc1Cl. The maximum atomic E-state index is 13.2. The van der Waals surface area contributed by atoms with Crippen molar-refractivity contribution in [1.82, 2.24) is 9.80 Å². The molecule has 188 valence electrons. The van der Waals surface area contributed by atoms with E-state index >= 15 is 0 Å². The number of ketones is 1. The maximum Gasteiger partial charge on any atom is 0.295 e. The molecule has 0 spiro atoms. The Morgan fingerprint density at radius 1 is 0.943 bits per heavy atom. The molecule has 35 heavy (non-hydrogen) atoms. The summed E-state index contributed by atoms with van der Waals surface area (Å²) in [5.74, 6) is -1.52. The number of amides is 1. The van der Waals surface area contributed by atoms with Crippen molar-refractivity contribution in [3.63, 3.8) is 0 Å². The topological polar surface area (TPSA) is 60.9 Å². The lowest BCUT2D eigenvalue weighted by Gasteiger charge is -2.28. The number of hydrogen-bond donors (Lipinski definition) is 1. The van der Waals surface area contributed by atoms with E-state index in [4.69, 9.17) is 23.2 Å². The molecule has 0 radical (unpaired) electrons. The van der Waals surface area contributed by atoms with Gasteiger partial charge in [-0.05, 0) is 56.6 Å². The Hall–Kier alpha value is -2.34. The molecule has 1 aliphatic rings. The molecule has 7 heteroatoms. The van der Waals surface area contributed by atoms with Crippen LogP contribution in [0.4, 0.5) is 0 Å². The summed E-state index contributed by atoms with van der Waals surface area (Å²) in [5, 5.41) is 11.9. The molecule has 0 saturated carbocycles. The number of aliphatic hydroxyl groups excluding tert-OH is 1. The summed E-state index contributed by atoms with van der Waals surface area (Å²) in [6.07, 6.45) is 5.24. The van der Waals surface area contributed by atoms with Crippen LogP contribution in [0.2, 0.25) is 10.0 Å². The number of aliphatic hydroxyl groups is 1. The van der Waals surface area contributed by atoms with Gasteiger partial charge in [0.05, 0.1) is 11.6 Å². The molecule has 2 aromatic rings. The average molecular weight is 517 g/mol. The Morgan fingerprint density at radius 3 is 2.17 bits per heavy atom. The molecule has 0 bridgehead atoms. The molecule has 1 heterocycles. The number of nitrogens with zero attached hydrogens (tertiary/aromatic N) is 2. The summed E-state index contributed by atoms with van der Waals surface area (Å²) < 4.78 is 0. The van der Waals surface area contributed by atoms with Crippen LogP contribution in [-0.4, -0.2) is 52.8 Å². The van der Waals surface area contributed by atoms with E-state index in [0.717, 1.165) is 45.3 Å². The van der Waals surface area contributed by atoms with Crippen LogP contribution in [0.1, 0.15) is 63.1 Å². The molecule has 1 atom stereocenters. The third-order valence-electron chi connectivity index (χ3n) is 6.37. The quantitative estimate of drug-likeness (QED) is 0.193. The molecule has 1 unspecified atom stereocenters. The van der Waals surface area contributed by atoms with Crippen LogP contribution in [-0.2, 0) is 9.59 Å². The lowest BCUT2D eigenvalue weighted by atomic mass is 9.95. The lowest BCUT2D eigenvalue weighted by molar-refractivity contribution is -0.140. The molecule has 1 fully saturated rings. The van der Waals surface area contributed by atoms with Gasteiger partial charge in [0.15, 0.2) is 0 Å². The fourth-order valence-corrected chi connectivity index (χ4v) is 4.98. The van der Waals surface area contributed by atoms with Gasteiger partial charge in [-0.1, -0.05) is 86.3 Å². The molecule has 3 rings (SSSR count). The largest absolute Gasteiger partial charge is 0.507 e. The number of benzene rings is 2. The van der Waals surface area contributed by atoms with Gasteiger partial charge in [-0.25, -0.2) is 0 Å². The normalized spacial score (nSPS) is 17.5. The van der Waals surface area contributed by atoms with Crippen LogP contribution >= 0.6 is 23.2 Å². The average Bonchev–Trinajstić information content (AvgIpc) is 3.10. The number of unbranched alkanes of at least 4 members (excludes halogenated alkanes) is 2. The number of rotatable bonds is 12. The van der Waals surface area contributed by atoms with Gasteiger partial charge in [0.25, 0.3) is 11.7 Å². The smallest absolute Gasteiger partial charge is 0.295 e. The van der Waals surface area contributed by atoms with Crippen molar-refractivity contribution in [1.29, 1.82) is 0 Å². The van der Waals surface area contributed by atoms with E-state index in [1.165, 1.54) is 0 Å². The second kappa shape index (κ2) is 13.1. The molecule has 5 nitrogen and oxygen atoms in total. The van der Waals surface area contributed by atoms with Crippen molar-refractivity contribution in [3.8, 4) is 0 Å². The van der Waals surface area contributed by atoms with Gasteiger partial charge in [-0.15, -0.1) is 0 Å². The molecular formula is C28H34Cl2N2O3. The number of likely N-dealkylation sites (tertiary alicyclic amines) is 1. The molecule has 1 aliphatic heterocycles. The van der Waals surface area contributed by atoms with Crippen molar-refractivity contribution in [2.24, 2.45) is 0 Å². The van der Waals surface area contributed by atoms with Gasteiger partial charge in [-0.2, -0.15) is 0 Å². The Morgan fingerprint density at radius 2 is 1.57 bits per heavy atom. The minimum Gasteiger partial charge on any atom is -0.507 e. The van der Waals surface area contributed by atoms with E-state index in [1.54, 1.807) is 47.4 Å². The lowest BCUT2D eigenvalue weighted by Crippen LogP contribution is -2.34. The van der Waals surface area contributed by atoms with Crippen LogP contribution in [0.25, 0.3) is 5.76 Å². The van der Waals surface area contributed by atoms with Crippen molar-refractivity contribution in [2.45, 2.75) is 52.0 Å². The Balaban J connectivity index is 1.93. The first-order valence-electron chi connectivity index (χ1n) is 12.4. The van der Waals surface area contributed by atoms with Crippen molar-refractivity contribution >= 4 is 40.7 Å². The summed E-state index contributed by atoms with van der Waals surface area (Å²) in [7, 11) is 0. The van der Waals surface area contributed by atoms with Crippen molar-refractivity contribution in [2.75, 3.05) is 26.2 Å². The summed E-state index contributed by atoms with van der Waals surface area (Å²) in [5.41, 5.74) is 1.10. The van der Waals surface area contributed by atoms with E-state index < -0.39 is 17.7 Å². The highest BCUT2D eigenvalue weighted by molar-refractivity contribution is 6.47. The zero-order valence-corrected chi connectivity index (χ0v) is 22.0. The van der Waals surface area contributed by atoms with E-state index in [-0.39, 0.29) is 11.3 Å². The summed E-state index contributed by atoms with van der Waals surface area (Å²) in [6.45, 7) is 7.63. The molecule has 0 aromatic heterocycles. The number of halogens is 2. The van der Waals surface area contributed by atoms with E-state index in [1.807, 2.05) is 6.07 Å². The zero-order chi connectivity index (χ0) is 25.4. The van der Waals surface area contributed by atoms with Crippen molar-refractivity contribution in [3.05, 3.63) is 75.3 Å². The van der Waals surface area contributed by atoms with E-state index in [9.17, 15) is 14.7 Å². The Bertz CT molecular complexity index is 1050. The molecule has 1 amide bonds. The number of Topliss-reactive ketones (excluding diaryl/α,β-unsaturated/α-hetero) is 1. The van der Waals surface area contributed by atoms with Crippen LogP contribution in [0, 0.1) is 0 Å². The number of carbonyl (C=O) groups is 2. The highest BCUT2D eigenvalue weighted by Gasteiger charge is 2.46. The second-order valence-corrected chi connectivity index (χ2v) is 9.77. The zero-order valence-electron chi connectivity index (χ0n) is 20.5. The maximum absolute atomic E-state index is 13.2.